The van der Waals surface area contributed by atoms with Crippen molar-refractivity contribution in [1.82, 2.24) is 4.98 Å². The highest BCUT2D eigenvalue weighted by molar-refractivity contribution is 7.09. The second-order valence-electron chi connectivity index (χ2n) is 3.36. The van der Waals surface area contributed by atoms with Crippen molar-refractivity contribution in [3.63, 3.8) is 0 Å². The monoisotopic (exact) mass is 272 g/mol. The van der Waals surface area contributed by atoms with Crippen LogP contribution in [0.4, 0.5) is 0 Å². The highest BCUT2D eigenvalue weighted by atomic mass is 35.5. The summed E-state index contributed by atoms with van der Waals surface area (Å²) in [5.41, 5.74) is 7.63. The molecule has 2 N–H and O–H groups in total. The maximum Gasteiger partial charge on any atom is 0.106 e. The Morgan fingerprint density at radius 2 is 2.06 bits per heavy atom. The summed E-state index contributed by atoms with van der Waals surface area (Å²) in [7, 11) is 0. The molecule has 0 unspecified atom stereocenters. The summed E-state index contributed by atoms with van der Waals surface area (Å²) in [6.07, 6.45) is 0.757. The van der Waals surface area contributed by atoms with Crippen LogP contribution in [0.15, 0.2) is 23.6 Å². The lowest BCUT2D eigenvalue weighted by atomic mass is 10.1. The number of hydrogen-bond donors (Lipinski definition) is 1. The van der Waals surface area contributed by atoms with E-state index >= 15 is 0 Å². The average molecular weight is 273 g/mol. The van der Waals surface area contributed by atoms with Crippen LogP contribution in [0.1, 0.15) is 16.3 Å². The summed E-state index contributed by atoms with van der Waals surface area (Å²) in [6, 6.07) is 5.62. The molecule has 2 aromatic rings. The molecule has 0 aliphatic rings. The first-order valence-corrected chi connectivity index (χ1v) is 6.40. The fourth-order valence-electron chi connectivity index (χ4n) is 1.38. The second-order valence-corrected chi connectivity index (χ2v) is 5.12. The van der Waals surface area contributed by atoms with Gasteiger partial charge in [-0.3, -0.25) is 0 Å². The van der Waals surface area contributed by atoms with Gasteiger partial charge in [0.05, 0.1) is 15.7 Å². The topological polar surface area (TPSA) is 38.9 Å². The van der Waals surface area contributed by atoms with E-state index in [4.69, 9.17) is 28.9 Å². The van der Waals surface area contributed by atoms with E-state index in [2.05, 4.69) is 4.98 Å². The number of thiazole rings is 1. The summed E-state index contributed by atoms with van der Waals surface area (Å²) in [5, 5.41) is 4.12. The molecule has 0 saturated carbocycles. The van der Waals surface area contributed by atoms with Gasteiger partial charge in [0.15, 0.2) is 0 Å². The number of benzene rings is 1. The summed E-state index contributed by atoms with van der Waals surface area (Å²) in [5.74, 6) is 0. The molecule has 84 valence electrons. The Hall–Kier alpha value is -0.610. The van der Waals surface area contributed by atoms with Crippen molar-refractivity contribution >= 4 is 34.5 Å². The van der Waals surface area contributed by atoms with E-state index in [0.29, 0.717) is 16.6 Å². The van der Waals surface area contributed by atoms with Gasteiger partial charge in [0.2, 0.25) is 0 Å². The van der Waals surface area contributed by atoms with E-state index in [1.807, 2.05) is 17.5 Å². The number of rotatable bonds is 3. The van der Waals surface area contributed by atoms with Gasteiger partial charge < -0.3 is 5.73 Å². The molecule has 0 bridgehead atoms. The van der Waals surface area contributed by atoms with Crippen molar-refractivity contribution < 1.29 is 0 Å². The van der Waals surface area contributed by atoms with Crippen molar-refractivity contribution in [2.45, 2.75) is 13.0 Å². The molecule has 1 heterocycles. The second kappa shape index (κ2) is 5.15. The Kier molecular flexibility index (Phi) is 3.82. The van der Waals surface area contributed by atoms with Crippen molar-refractivity contribution in [2.75, 3.05) is 0 Å². The smallest absolute Gasteiger partial charge is 0.106 e. The highest BCUT2D eigenvalue weighted by Crippen LogP contribution is 2.24. The normalized spacial score (nSPS) is 10.7. The Morgan fingerprint density at radius 3 is 2.69 bits per heavy atom. The summed E-state index contributed by atoms with van der Waals surface area (Å²) in [4.78, 5) is 4.39. The number of aromatic nitrogens is 1. The van der Waals surface area contributed by atoms with Crippen LogP contribution in [-0.2, 0) is 13.0 Å². The molecule has 2 nitrogen and oxygen atoms in total. The van der Waals surface area contributed by atoms with E-state index in [0.717, 1.165) is 22.7 Å². The highest BCUT2D eigenvalue weighted by Gasteiger charge is 2.04. The van der Waals surface area contributed by atoms with Crippen molar-refractivity contribution in [1.29, 1.82) is 0 Å². The standard InChI is InChI=1S/C11H10Cl2N2S/c12-9-2-1-7(4-10(9)13)3-8-6-16-11(5-14)15-8/h1-2,4,6H,3,5,14H2. The van der Waals surface area contributed by atoms with Gasteiger partial charge in [-0.1, -0.05) is 29.3 Å². The lowest BCUT2D eigenvalue weighted by Crippen LogP contribution is -1.96. The van der Waals surface area contributed by atoms with Crippen LogP contribution >= 0.6 is 34.5 Å². The first kappa shape index (κ1) is 11.9. The minimum atomic E-state index is 0.492. The van der Waals surface area contributed by atoms with E-state index in [1.54, 1.807) is 17.4 Å². The van der Waals surface area contributed by atoms with E-state index in [1.165, 1.54) is 0 Å². The molecule has 1 aromatic heterocycles. The SMILES string of the molecule is NCc1nc(Cc2ccc(Cl)c(Cl)c2)cs1. The third-order valence-electron chi connectivity index (χ3n) is 2.14. The lowest BCUT2D eigenvalue weighted by Gasteiger charge is -2.00. The fourth-order valence-corrected chi connectivity index (χ4v) is 2.38. The van der Waals surface area contributed by atoms with Crippen LogP contribution in [0.5, 0.6) is 0 Å². The van der Waals surface area contributed by atoms with Gasteiger partial charge in [0, 0.05) is 18.3 Å². The van der Waals surface area contributed by atoms with Crippen LogP contribution in [0.2, 0.25) is 10.0 Å². The molecule has 0 aliphatic carbocycles. The zero-order valence-corrected chi connectivity index (χ0v) is 10.7. The number of hydrogen-bond acceptors (Lipinski definition) is 3. The van der Waals surface area contributed by atoms with Gasteiger partial charge in [-0.15, -0.1) is 11.3 Å². The zero-order valence-electron chi connectivity index (χ0n) is 8.41. The van der Waals surface area contributed by atoms with Crippen LogP contribution in [0.3, 0.4) is 0 Å². The van der Waals surface area contributed by atoms with Crippen molar-refractivity contribution in [2.24, 2.45) is 5.73 Å². The molecular weight excluding hydrogens is 263 g/mol. The van der Waals surface area contributed by atoms with Crippen molar-refractivity contribution in [3.05, 3.63) is 49.9 Å². The predicted octanol–water partition coefficient (Wildman–Crippen LogP) is 3.50. The maximum atomic E-state index is 5.94. The Bertz CT molecular complexity index is 496. The molecule has 2 rings (SSSR count). The number of halogens is 2. The molecule has 16 heavy (non-hydrogen) atoms. The van der Waals surface area contributed by atoms with E-state index in [-0.39, 0.29) is 0 Å². The molecular formula is C11H10Cl2N2S. The summed E-state index contributed by atoms with van der Waals surface area (Å²) in [6.45, 7) is 0.492. The van der Waals surface area contributed by atoms with Crippen LogP contribution in [-0.4, -0.2) is 4.98 Å². The summed E-state index contributed by atoms with van der Waals surface area (Å²) < 4.78 is 0. The minimum Gasteiger partial charge on any atom is -0.325 e. The molecule has 1 aromatic carbocycles. The largest absolute Gasteiger partial charge is 0.325 e. The molecule has 0 amide bonds. The zero-order chi connectivity index (χ0) is 11.5. The van der Waals surface area contributed by atoms with E-state index < -0.39 is 0 Å². The quantitative estimate of drug-likeness (QED) is 0.929. The van der Waals surface area contributed by atoms with Gasteiger partial charge in [0.1, 0.15) is 5.01 Å². The molecule has 0 aliphatic heterocycles. The Balaban J connectivity index is 2.17. The van der Waals surface area contributed by atoms with Gasteiger partial charge in [-0.2, -0.15) is 0 Å². The van der Waals surface area contributed by atoms with Crippen LogP contribution < -0.4 is 5.73 Å². The van der Waals surface area contributed by atoms with Gasteiger partial charge in [-0.05, 0) is 17.7 Å². The lowest BCUT2D eigenvalue weighted by molar-refractivity contribution is 0.995. The first-order chi connectivity index (χ1) is 7.69. The van der Waals surface area contributed by atoms with Crippen LogP contribution in [0.25, 0.3) is 0 Å². The summed E-state index contributed by atoms with van der Waals surface area (Å²) >= 11 is 13.4. The Morgan fingerprint density at radius 1 is 1.25 bits per heavy atom. The molecule has 0 saturated heterocycles. The minimum absolute atomic E-state index is 0.492. The van der Waals surface area contributed by atoms with E-state index in [9.17, 15) is 0 Å². The van der Waals surface area contributed by atoms with Gasteiger partial charge >= 0.3 is 0 Å². The third kappa shape index (κ3) is 2.74. The predicted molar refractivity (Wildman–Crippen MR) is 69.3 cm³/mol. The molecule has 0 radical (unpaired) electrons. The molecule has 0 fully saturated rings. The number of nitrogens with zero attached hydrogens (tertiary/aromatic N) is 1. The molecule has 5 heteroatoms. The van der Waals surface area contributed by atoms with Crippen LogP contribution in [0, 0.1) is 0 Å². The fraction of sp³-hybridized carbons (Fsp3) is 0.182. The van der Waals surface area contributed by atoms with Crippen molar-refractivity contribution in [3.8, 4) is 0 Å². The Labute approximate surface area is 108 Å². The maximum absolute atomic E-state index is 5.94. The average Bonchev–Trinajstić information content (AvgIpc) is 2.71. The first-order valence-electron chi connectivity index (χ1n) is 4.76. The third-order valence-corrected chi connectivity index (χ3v) is 3.80. The number of nitrogens with two attached hydrogens (primary N) is 1. The van der Waals surface area contributed by atoms with Gasteiger partial charge in [0.25, 0.3) is 0 Å². The van der Waals surface area contributed by atoms with Gasteiger partial charge in [-0.25, -0.2) is 4.98 Å². The molecule has 0 spiro atoms. The molecule has 0 atom stereocenters.